The van der Waals surface area contributed by atoms with Crippen LogP contribution in [0, 0.1) is 6.92 Å². The van der Waals surface area contributed by atoms with Gasteiger partial charge in [-0.2, -0.15) is 9.97 Å². The number of nitrogens with zero attached hydrogens (tertiary/aromatic N) is 2. The van der Waals surface area contributed by atoms with Crippen molar-refractivity contribution in [3.8, 4) is 17.5 Å². The molecule has 0 amide bonds. The lowest BCUT2D eigenvalue weighted by atomic mass is 9.85. The van der Waals surface area contributed by atoms with Crippen molar-refractivity contribution in [3.05, 3.63) is 35.4 Å². The number of benzene rings is 1. The van der Waals surface area contributed by atoms with E-state index in [1.807, 2.05) is 12.1 Å². The molecule has 0 unspecified atom stereocenters. The maximum Gasteiger partial charge on any atom is 0.227 e. The van der Waals surface area contributed by atoms with Crippen LogP contribution < -0.4 is 15.2 Å². The van der Waals surface area contributed by atoms with Crippen LogP contribution in [-0.4, -0.2) is 17.1 Å². The summed E-state index contributed by atoms with van der Waals surface area (Å²) in [5, 5.41) is 0. The first-order valence-electron chi connectivity index (χ1n) is 6.77. The Balaban J connectivity index is 2.42. The van der Waals surface area contributed by atoms with Crippen LogP contribution in [0.3, 0.4) is 0 Å². The first-order chi connectivity index (χ1) is 9.79. The van der Waals surface area contributed by atoms with Crippen LogP contribution in [0.4, 0.5) is 5.95 Å². The molecule has 0 aliphatic carbocycles. The number of aryl methyl sites for hydroxylation is 1. The summed E-state index contributed by atoms with van der Waals surface area (Å²) in [4.78, 5) is 8.03. The summed E-state index contributed by atoms with van der Waals surface area (Å²) in [6, 6.07) is 7.69. The van der Waals surface area contributed by atoms with Gasteiger partial charge in [0.2, 0.25) is 17.7 Å². The topological polar surface area (TPSA) is 70.3 Å². The van der Waals surface area contributed by atoms with E-state index in [1.165, 1.54) is 12.7 Å². The highest BCUT2D eigenvalue weighted by molar-refractivity contribution is 5.43. The van der Waals surface area contributed by atoms with Gasteiger partial charge in [0.1, 0.15) is 5.75 Å². The van der Waals surface area contributed by atoms with Crippen LogP contribution >= 0.6 is 0 Å². The molecule has 5 heteroatoms. The van der Waals surface area contributed by atoms with Gasteiger partial charge in [0.05, 0.1) is 13.2 Å². The number of methoxy groups -OCH3 is 1. The molecule has 0 aliphatic heterocycles. The van der Waals surface area contributed by atoms with Gasteiger partial charge < -0.3 is 15.2 Å². The Kier molecular flexibility index (Phi) is 4.02. The molecule has 0 spiro atoms. The van der Waals surface area contributed by atoms with E-state index in [1.54, 1.807) is 6.07 Å². The highest BCUT2D eigenvalue weighted by Crippen LogP contribution is 2.35. The van der Waals surface area contributed by atoms with Crippen LogP contribution in [0.25, 0.3) is 0 Å². The fourth-order valence-corrected chi connectivity index (χ4v) is 2.01. The minimum absolute atomic E-state index is 0.0377. The van der Waals surface area contributed by atoms with Crippen LogP contribution in [-0.2, 0) is 5.41 Å². The molecular formula is C16H21N3O2. The number of nitrogen functional groups attached to an aromatic ring is 1. The second-order valence-electron chi connectivity index (χ2n) is 5.96. The minimum atomic E-state index is -0.0377. The van der Waals surface area contributed by atoms with Crippen molar-refractivity contribution in [3.63, 3.8) is 0 Å². The van der Waals surface area contributed by atoms with E-state index in [9.17, 15) is 0 Å². The normalized spacial score (nSPS) is 11.3. The Hall–Kier alpha value is -2.30. The zero-order chi connectivity index (χ0) is 15.6. The number of hydrogen-bond acceptors (Lipinski definition) is 5. The average Bonchev–Trinajstić information content (AvgIpc) is 2.39. The predicted molar refractivity (Wildman–Crippen MR) is 82.9 cm³/mol. The Morgan fingerprint density at radius 2 is 1.71 bits per heavy atom. The van der Waals surface area contributed by atoms with Crippen LogP contribution in [0.1, 0.15) is 31.9 Å². The van der Waals surface area contributed by atoms with Crippen LogP contribution in [0.5, 0.6) is 17.5 Å². The third-order valence-electron chi connectivity index (χ3n) is 3.06. The lowest BCUT2D eigenvalue weighted by Gasteiger charge is -2.23. The molecule has 0 radical (unpaired) electrons. The summed E-state index contributed by atoms with van der Waals surface area (Å²) in [7, 11) is 1.53. The summed E-state index contributed by atoms with van der Waals surface area (Å²) >= 11 is 0. The SMILES string of the molecule is COc1cc(Oc2ccc(C)cc2C(C)(C)C)nc(N)n1. The van der Waals surface area contributed by atoms with Gasteiger partial charge in [0.15, 0.2) is 0 Å². The number of aromatic nitrogens is 2. The fraction of sp³-hybridized carbons (Fsp3) is 0.375. The zero-order valence-electron chi connectivity index (χ0n) is 13.1. The van der Waals surface area contributed by atoms with Gasteiger partial charge in [-0.15, -0.1) is 0 Å². The van der Waals surface area contributed by atoms with Crippen molar-refractivity contribution >= 4 is 5.95 Å². The smallest absolute Gasteiger partial charge is 0.227 e. The molecule has 0 fully saturated rings. The number of rotatable bonds is 3. The van der Waals surface area contributed by atoms with Gasteiger partial charge in [-0.05, 0) is 18.4 Å². The number of anilines is 1. The Morgan fingerprint density at radius 3 is 2.33 bits per heavy atom. The molecule has 0 aliphatic rings. The standard InChI is InChI=1S/C16H21N3O2/c1-10-6-7-12(11(8-10)16(2,3)4)21-14-9-13(20-5)18-15(17)19-14/h6-9H,1-5H3,(H2,17,18,19). The molecule has 1 aromatic heterocycles. The molecule has 0 saturated carbocycles. The molecular weight excluding hydrogens is 266 g/mol. The van der Waals surface area contributed by atoms with E-state index in [-0.39, 0.29) is 11.4 Å². The molecule has 21 heavy (non-hydrogen) atoms. The summed E-state index contributed by atoms with van der Waals surface area (Å²) in [6.45, 7) is 8.49. The van der Waals surface area contributed by atoms with E-state index in [0.717, 1.165) is 11.3 Å². The van der Waals surface area contributed by atoms with Gasteiger partial charge in [-0.3, -0.25) is 0 Å². The zero-order valence-corrected chi connectivity index (χ0v) is 13.1. The number of ether oxygens (including phenoxy) is 2. The van der Waals surface area contributed by atoms with Crippen molar-refractivity contribution in [2.24, 2.45) is 0 Å². The molecule has 2 N–H and O–H groups in total. The second kappa shape index (κ2) is 5.60. The van der Waals surface area contributed by atoms with Gasteiger partial charge in [-0.1, -0.05) is 38.5 Å². The summed E-state index contributed by atoms with van der Waals surface area (Å²) < 4.78 is 11.0. The van der Waals surface area contributed by atoms with Crippen molar-refractivity contribution in [1.29, 1.82) is 0 Å². The van der Waals surface area contributed by atoms with Gasteiger partial charge in [0.25, 0.3) is 0 Å². The van der Waals surface area contributed by atoms with Crippen molar-refractivity contribution < 1.29 is 9.47 Å². The first kappa shape index (κ1) is 15.1. The van der Waals surface area contributed by atoms with Gasteiger partial charge >= 0.3 is 0 Å². The van der Waals surface area contributed by atoms with Crippen molar-refractivity contribution in [2.75, 3.05) is 12.8 Å². The molecule has 112 valence electrons. The monoisotopic (exact) mass is 287 g/mol. The van der Waals surface area contributed by atoms with E-state index < -0.39 is 0 Å². The van der Waals surface area contributed by atoms with E-state index in [0.29, 0.717) is 11.8 Å². The molecule has 2 aromatic rings. The molecule has 0 saturated heterocycles. The molecule has 2 rings (SSSR count). The Morgan fingerprint density at radius 1 is 1.05 bits per heavy atom. The third-order valence-corrected chi connectivity index (χ3v) is 3.06. The molecule has 0 atom stereocenters. The Bertz CT molecular complexity index is 648. The first-order valence-corrected chi connectivity index (χ1v) is 6.77. The third kappa shape index (κ3) is 3.62. The predicted octanol–water partition coefficient (Wildman–Crippen LogP) is 3.47. The highest BCUT2D eigenvalue weighted by atomic mass is 16.5. The molecule has 0 bridgehead atoms. The number of hydrogen-bond donors (Lipinski definition) is 1. The van der Waals surface area contributed by atoms with E-state index in [4.69, 9.17) is 15.2 Å². The summed E-state index contributed by atoms with van der Waals surface area (Å²) in [6.07, 6.45) is 0. The average molecular weight is 287 g/mol. The van der Waals surface area contributed by atoms with Crippen LogP contribution in [0.15, 0.2) is 24.3 Å². The molecule has 5 nitrogen and oxygen atoms in total. The van der Waals surface area contributed by atoms with E-state index >= 15 is 0 Å². The summed E-state index contributed by atoms with van der Waals surface area (Å²) in [5.41, 5.74) is 7.91. The minimum Gasteiger partial charge on any atom is -0.481 e. The fourth-order valence-electron chi connectivity index (χ4n) is 2.01. The van der Waals surface area contributed by atoms with E-state index in [2.05, 4.69) is 43.7 Å². The van der Waals surface area contributed by atoms with Gasteiger partial charge in [0, 0.05) is 5.56 Å². The number of nitrogens with two attached hydrogens (primary N) is 1. The summed E-state index contributed by atoms with van der Waals surface area (Å²) in [5.74, 6) is 1.62. The van der Waals surface area contributed by atoms with Crippen molar-refractivity contribution in [2.45, 2.75) is 33.1 Å². The largest absolute Gasteiger partial charge is 0.481 e. The second-order valence-corrected chi connectivity index (χ2v) is 5.96. The molecule has 1 aromatic carbocycles. The van der Waals surface area contributed by atoms with Crippen molar-refractivity contribution in [1.82, 2.24) is 9.97 Å². The van der Waals surface area contributed by atoms with Crippen LogP contribution in [0.2, 0.25) is 0 Å². The highest BCUT2D eigenvalue weighted by Gasteiger charge is 2.20. The lowest BCUT2D eigenvalue weighted by molar-refractivity contribution is 0.387. The molecule has 1 heterocycles. The maximum absolute atomic E-state index is 5.90. The maximum atomic E-state index is 5.90. The Labute approximate surface area is 125 Å². The van der Waals surface area contributed by atoms with Gasteiger partial charge in [-0.25, -0.2) is 0 Å². The lowest BCUT2D eigenvalue weighted by Crippen LogP contribution is -2.13. The quantitative estimate of drug-likeness (QED) is 0.936.